The smallest absolute Gasteiger partial charge is 0.497 e. The lowest BCUT2D eigenvalue weighted by Crippen LogP contribution is -2.20. The van der Waals surface area contributed by atoms with Crippen LogP contribution in [0.25, 0.3) is 0 Å². The summed E-state index contributed by atoms with van der Waals surface area (Å²) in [6.07, 6.45) is 6.52. The van der Waals surface area contributed by atoms with Gasteiger partial charge < -0.3 is 9.47 Å². The van der Waals surface area contributed by atoms with Gasteiger partial charge in [-0.25, -0.2) is 4.39 Å². The fourth-order valence-corrected chi connectivity index (χ4v) is 5.69. The minimum atomic E-state index is -2.14. The molecule has 6 heteroatoms. The third-order valence-electron chi connectivity index (χ3n) is 6.81. The summed E-state index contributed by atoms with van der Waals surface area (Å²) in [7, 11) is -0.530. The third kappa shape index (κ3) is 5.84. The van der Waals surface area contributed by atoms with Crippen molar-refractivity contribution in [2.24, 2.45) is 11.8 Å². The summed E-state index contributed by atoms with van der Waals surface area (Å²) >= 11 is 0. The van der Waals surface area contributed by atoms with E-state index in [1.165, 1.54) is 6.07 Å². The second-order valence-corrected chi connectivity index (χ2v) is 10.0. The van der Waals surface area contributed by atoms with E-state index in [2.05, 4.69) is 0 Å². The van der Waals surface area contributed by atoms with Gasteiger partial charge in [0.15, 0.2) is 6.16 Å². The normalized spacial score (nSPS) is 22.6. The fourth-order valence-electron chi connectivity index (χ4n) is 4.84. The molecule has 1 unspecified atom stereocenters. The van der Waals surface area contributed by atoms with Gasteiger partial charge in [0.05, 0.1) is 13.7 Å². The van der Waals surface area contributed by atoms with Crippen molar-refractivity contribution in [1.82, 2.24) is 0 Å². The Hall–Kier alpha value is -1.97. The highest BCUT2D eigenvalue weighted by Crippen LogP contribution is 2.46. The van der Waals surface area contributed by atoms with Crippen LogP contribution in [-0.4, -0.2) is 24.8 Å². The Morgan fingerprint density at radius 2 is 1.84 bits per heavy atom. The lowest BCUT2D eigenvalue weighted by Gasteiger charge is -2.29. The SMILES string of the molecule is COc1ccc(F)c(C2CCC(COc3cccc([C@@H](C[P+](=O)O)C4CC4)c3)CC2)c1. The van der Waals surface area contributed by atoms with Gasteiger partial charge in [0.25, 0.3) is 0 Å². The zero-order chi connectivity index (χ0) is 21.8. The number of hydrogen-bond acceptors (Lipinski definition) is 3. The van der Waals surface area contributed by atoms with Crippen LogP contribution in [0.15, 0.2) is 42.5 Å². The minimum absolute atomic E-state index is 0.144. The molecule has 0 radical (unpaired) electrons. The van der Waals surface area contributed by atoms with Gasteiger partial charge >= 0.3 is 8.03 Å². The van der Waals surface area contributed by atoms with E-state index in [4.69, 9.17) is 9.47 Å². The molecule has 0 heterocycles. The van der Waals surface area contributed by atoms with Crippen molar-refractivity contribution in [1.29, 1.82) is 0 Å². The molecule has 1 N–H and O–H groups in total. The standard InChI is InChI=1S/C25H30FO4P/c1-29-21-11-12-25(26)23(14-21)18-7-5-17(6-8-18)15-30-22-4-2-3-20(13-22)24(16-31(27)28)19-9-10-19/h2-4,11-14,17-19,24H,5-10,15-16H2,1H3/p+1/t17?,18?,24-/m0/s1. The Morgan fingerprint density at radius 1 is 1.06 bits per heavy atom. The van der Waals surface area contributed by atoms with Gasteiger partial charge in [-0.05, 0) is 102 Å². The van der Waals surface area contributed by atoms with Gasteiger partial charge in [-0.3, -0.25) is 0 Å². The van der Waals surface area contributed by atoms with Crippen LogP contribution in [0.3, 0.4) is 0 Å². The molecule has 2 atom stereocenters. The number of hydrogen-bond donors (Lipinski definition) is 1. The molecule has 0 spiro atoms. The number of ether oxygens (including phenoxy) is 2. The average molecular weight is 445 g/mol. The van der Waals surface area contributed by atoms with Gasteiger partial charge in [0.1, 0.15) is 17.3 Å². The van der Waals surface area contributed by atoms with Gasteiger partial charge in [-0.15, -0.1) is 0 Å². The second kappa shape index (κ2) is 10.1. The molecule has 2 aliphatic carbocycles. The van der Waals surface area contributed by atoms with Gasteiger partial charge in [-0.1, -0.05) is 12.1 Å². The van der Waals surface area contributed by atoms with Crippen LogP contribution in [0.1, 0.15) is 61.5 Å². The second-order valence-electron chi connectivity index (χ2n) is 8.97. The molecule has 0 bridgehead atoms. The van der Waals surface area contributed by atoms with Crippen LogP contribution in [0.5, 0.6) is 11.5 Å². The molecule has 4 nitrogen and oxygen atoms in total. The lowest BCUT2D eigenvalue weighted by atomic mass is 9.79. The average Bonchev–Trinajstić information content (AvgIpc) is 3.62. The molecule has 0 saturated heterocycles. The molecule has 2 aliphatic rings. The van der Waals surface area contributed by atoms with Crippen LogP contribution >= 0.6 is 8.03 Å². The molecule has 0 amide bonds. The van der Waals surface area contributed by atoms with E-state index in [9.17, 15) is 13.8 Å². The summed E-state index contributed by atoms with van der Waals surface area (Å²) in [6.45, 7) is 0.652. The zero-order valence-electron chi connectivity index (χ0n) is 18.0. The number of halogens is 1. The highest BCUT2D eigenvalue weighted by molar-refractivity contribution is 7.38. The van der Waals surface area contributed by atoms with Crippen molar-refractivity contribution in [3.8, 4) is 11.5 Å². The van der Waals surface area contributed by atoms with Crippen molar-refractivity contribution >= 4 is 8.03 Å². The van der Waals surface area contributed by atoms with E-state index in [0.29, 0.717) is 30.4 Å². The maximum atomic E-state index is 14.3. The Balaban J connectivity index is 1.31. The van der Waals surface area contributed by atoms with Crippen molar-refractivity contribution < 1.29 is 23.3 Å². The van der Waals surface area contributed by atoms with Gasteiger partial charge in [0, 0.05) is 5.92 Å². The molecule has 2 saturated carbocycles. The summed E-state index contributed by atoms with van der Waals surface area (Å²) in [6, 6.07) is 13.0. The first kappa shape index (κ1) is 22.2. The molecule has 2 aromatic rings. The zero-order valence-corrected chi connectivity index (χ0v) is 18.9. The quantitative estimate of drug-likeness (QED) is 0.453. The van der Waals surface area contributed by atoms with E-state index in [-0.39, 0.29) is 17.7 Å². The topological polar surface area (TPSA) is 55.8 Å². The highest BCUT2D eigenvalue weighted by atomic mass is 31.1. The van der Waals surface area contributed by atoms with Crippen molar-refractivity contribution in [3.05, 3.63) is 59.4 Å². The van der Waals surface area contributed by atoms with Crippen LogP contribution in [0.2, 0.25) is 0 Å². The predicted octanol–water partition coefficient (Wildman–Crippen LogP) is 6.42. The largest absolute Gasteiger partial charge is 0.506 e. The third-order valence-corrected chi connectivity index (χ3v) is 7.51. The molecule has 0 aliphatic heterocycles. The maximum absolute atomic E-state index is 14.3. The Morgan fingerprint density at radius 3 is 2.52 bits per heavy atom. The van der Waals surface area contributed by atoms with Crippen molar-refractivity contribution in [3.63, 3.8) is 0 Å². The molecule has 4 rings (SSSR count). The number of methoxy groups -OCH3 is 1. The number of benzene rings is 2. The first-order valence-corrected chi connectivity index (χ1v) is 12.6. The van der Waals surface area contributed by atoms with E-state index in [1.807, 2.05) is 30.3 Å². The highest BCUT2D eigenvalue weighted by Gasteiger charge is 2.37. The first-order chi connectivity index (χ1) is 15.0. The molecule has 31 heavy (non-hydrogen) atoms. The molecule has 2 aromatic carbocycles. The molecule has 2 fully saturated rings. The lowest BCUT2D eigenvalue weighted by molar-refractivity contribution is 0.199. The summed E-state index contributed by atoms with van der Waals surface area (Å²) in [5, 5.41) is 0. The predicted molar refractivity (Wildman–Crippen MR) is 120 cm³/mol. The van der Waals surface area contributed by atoms with E-state index < -0.39 is 8.03 Å². The molecule has 166 valence electrons. The van der Waals surface area contributed by atoms with E-state index in [0.717, 1.165) is 55.4 Å². The summed E-state index contributed by atoms with van der Waals surface area (Å²) in [4.78, 5) is 9.40. The maximum Gasteiger partial charge on any atom is 0.506 e. The summed E-state index contributed by atoms with van der Waals surface area (Å²) < 4.78 is 37.1. The molecule has 0 aromatic heterocycles. The van der Waals surface area contributed by atoms with Crippen molar-refractivity contribution in [2.45, 2.75) is 50.4 Å². The van der Waals surface area contributed by atoms with Crippen LogP contribution in [0.4, 0.5) is 4.39 Å². The van der Waals surface area contributed by atoms with Gasteiger partial charge in [0.2, 0.25) is 0 Å². The fraction of sp³-hybridized carbons (Fsp3) is 0.520. The molecular weight excluding hydrogens is 414 g/mol. The Bertz CT molecular complexity index is 906. The summed E-state index contributed by atoms with van der Waals surface area (Å²) in [5.74, 6) is 2.74. The van der Waals surface area contributed by atoms with Crippen LogP contribution in [0, 0.1) is 17.7 Å². The molecular formula is C25H31FO4P+. The monoisotopic (exact) mass is 445 g/mol. The van der Waals surface area contributed by atoms with Crippen LogP contribution in [-0.2, 0) is 4.57 Å². The van der Waals surface area contributed by atoms with E-state index in [1.54, 1.807) is 13.2 Å². The first-order valence-electron chi connectivity index (χ1n) is 11.2. The Labute approximate surface area is 184 Å². The van der Waals surface area contributed by atoms with Gasteiger partial charge in [-0.2, -0.15) is 4.89 Å². The summed E-state index contributed by atoms with van der Waals surface area (Å²) in [5.41, 5.74) is 1.87. The van der Waals surface area contributed by atoms with Crippen molar-refractivity contribution in [2.75, 3.05) is 19.9 Å². The Kier molecular flexibility index (Phi) is 7.24. The minimum Gasteiger partial charge on any atom is -0.497 e. The number of rotatable bonds is 9. The van der Waals surface area contributed by atoms with Crippen LogP contribution < -0.4 is 9.47 Å². The van der Waals surface area contributed by atoms with E-state index >= 15 is 0 Å².